The molecular formula is C18H20N2OW. The molecule has 2 aromatic carbocycles. The summed E-state index contributed by atoms with van der Waals surface area (Å²) in [6.45, 7) is 2.39. The summed E-state index contributed by atoms with van der Waals surface area (Å²) in [5, 5.41) is 5.82. The summed E-state index contributed by atoms with van der Waals surface area (Å²) >= 11 is 0. The van der Waals surface area contributed by atoms with E-state index < -0.39 is 0 Å². The van der Waals surface area contributed by atoms with Crippen molar-refractivity contribution in [3.05, 3.63) is 61.0 Å². The van der Waals surface area contributed by atoms with Crippen LogP contribution in [0, 0.1) is 6.42 Å². The number of rotatable bonds is 3. The van der Waals surface area contributed by atoms with Crippen molar-refractivity contribution in [3.63, 3.8) is 0 Å². The number of anilines is 1. The molecule has 1 aliphatic heterocycles. The zero-order valence-electron chi connectivity index (χ0n) is 12.4. The number of carbonyl (C=O) groups excluding carboxylic acids is 1. The summed E-state index contributed by atoms with van der Waals surface area (Å²) in [7, 11) is 0. The van der Waals surface area contributed by atoms with E-state index in [1.165, 1.54) is 25.9 Å². The molecule has 0 unspecified atom stereocenters. The molecule has 2 N–H and O–H groups in total. The quantitative estimate of drug-likeness (QED) is 0.541. The van der Waals surface area contributed by atoms with E-state index in [1.807, 2.05) is 54.6 Å². The number of benzene rings is 2. The van der Waals surface area contributed by atoms with E-state index in [4.69, 9.17) is 0 Å². The molecule has 1 amide bonds. The van der Waals surface area contributed by atoms with E-state index in [0.717, 1.165) is 16.8 Å². The normalized spacial score (nSPS) is 13.1. The maximum absolute atomic E-state index is 10.3. The number of hydrogen-bond donors (Lipinski definition) is 2. The molecule has 0 spiro atoms. The van der Waals surface area contributed by atoms with Gasteiger partial charge in [0.25, 0.3) is 0 Å². The van der Waals surface area contributed by atoms with Crippen LogP contribution in [0.2, 0.25) is 0 Å². The Kier molecular flexibility index (Phi) is 9.45. The third kappa shape index (κ3) is 6.13. The van der Waals surface area contributed by atoms with Crippen LogP contribution in [0.5, 0.6) is 0 Å². The van der Waals surface area contributed by atoms with Gasteiger partial charge in [-0.1, -0.05) is 54.1 Å². The molecule has 0 atom stereocenters. The minimum Gasteiger partial charge on any atom is -0.490 e. The van der Waals surface area contributed by atoms with Crippen LogP contribution in [0.3, 0.4) is 0 Å². The molecule has 4 heteroatoms. The number of amides is 1. The first-order valence-corrected chi connectivity index (χ1v) is 7.22. The van der Waals surface area contributed by atoms with Crippen LogP contribution in [0.4, 0.5) is 5.69 Å². The second-order valence-electron chi connectivity index (χ2n) is 4.75. The Bertz CT molecular complexity index is 530. The smallest absolute Gasteiger partial charge is 0.490 e. The van der Waals surface area contributed by atoms with Crippen molar-refractivity contribution in [1.82, 2.24) is 5.32 Å². The number of nitrogens with one attached hydrogen (secondary N) is 2. The third-order valence-corrected chi connectivity index (χ3v) is 3.25. The van der Waals surface area contributed by atoms with Gasteiger partial charge in [-0.3, -0.25) is 0 Å². The minimum atomic E-state index is 0. The minimum absolute atomic E-state index is 0. The van der Waals surface area contributed by atoms with Crippen LogP contribution >= 0.6 is 0 Å². The molecule has 3 rings (SSSR count). The van der Waals surface area contributed by atoms with Gasteiger partial charge in [-0.2, -0.15) is 12.8 Å². The summed E-state index contributed by atoms with van der Waals surface area (Å²) in [6, 6.07) is 17.6. The molecule has 114 valence electrons. The van der Waals surface area contributed by atoms with Crippen LogP contribution in [-0.4, -0.2) is 19.5 Å². The van der Waals surface area contributed by atoms with E-state index in [9.17, 15) is 4.79 Å². The number of piperidine rings is 1. The van der Waals surface area contributed by atoms with Gasteiger partial charge in [-0.15, -0.1) is 11.8 Å². The molecule has 1 aliphatic rings. The Morgan fingerprint density at radius 2 is 1.59 bits per heavy atom. The summed E-state index contributed by atoms with van der Waals surface area (Å²) in [5.41, 5.74) is 2.86. The van der Waals surface area contributed by atoms with Gasteiger partial charge >= 0.3 is 21.1 Å². The van der Waals surface area contributed by atoms with Gasteiger partial charge < -0.3 is 21.8 Å². The van der Waals surface area contributed by atoms with Crippen molar-refractivity contribution in [2.75, 3.05) is 18.4 Å². The van der Waals surface area contributed by atoms with Crippen LogP contribution in [-0.2, 0) is 25.9 Å². The summed E-state index contributed by atoms with van der Waals surface area (Å²) in [5.74, 6) is 0. The van der Waals surface area contributed by atoms with E-state index >= 15 is 0 Å². The topological polar surface area (TPSA) is 41.1 Å². The van der Waals surface area contributed by atoms with Gasteiger partial charge in [0.05, 0.1) is 6.41 Å². The van der Waals surface area contributed by atoms with Crippen LogP contribution in [0.1, 0.15) is 12.8 Å². The molecule has 22 heavy (non-hydrogen) atoms. The maximum Gasteiger partial charge on any atom is 2.00 e. The average molecular weight is 464 g/mol. The Morgan fingerprint density at radius 1 is 0.955 bits per heavy atom. The molecule has 0 radical (unpaired) electrons. The number of hydrogen-bond acceptors (Lipinski definition) is 2. The summed E-state index contributed by atoms with van der Waals surface area (Å²) in [4.78, 5) is 10.3. The van der Waals surface area contributed by atoms with Crippen molar-refractivity contribution < 1.29 is 25.9 Å². The molecule has 0 bridgehead atoms. The van der Waals surface area contributed by atoms with E-state index in [1.54, 1.807) is 6.41 Å². The molecular weight excluding hydrogens is 444 g/mol. The molecule has 0 saturated carbocycles. The van der Waals surface area contributed by atoms with Gasteiger partial charge in [0.1, 0.15) is 0 Å². The first-order valence-electron chi connectivity index (χ1n) is 7.22. The predicted molar refractivity (Wildman–Crippen MR) is 87.6 cm³/mol. The van der Waals surface area contributed by atoms with Crippen LogP contribution in [0.25, 0.3) is 11.1 Å². The number of para-hydroxylation sites is 1. The average Bonchev–Trinajstić information content (AvgIpc) is 2.59. The Balaban J connectivity index is 0.000000293. The third-order valence-electron chi connectivity index (χ3n) is 3.25. The fourth-order valence-corrected chi connectivity index (χ4v) is 2.19. The Labute approximate surface area is 146 Å². The molecule has 2 aromatic rings. The maximum atomic E-state index is 10.3. The van der Waals surface area contributed by atoms with Gasteiger partial charge in [-0.25, -0.2) is 0 Å². The van der Waals surface area contributed by atoms with Crippen molar-refractivity contribution >= 4 is 12.1 Å². The van der Waals surface area contributed by atoms with E-state index in [2.05, 4.69) is 17.1 Å². The Hall–Kier alpha value is -1.44. The summed E-state index contributed by atoms with van der Waals surface area (Å²) in [6.07, 6.45) is 6.55. The van der Waals surface area contributed by atoms with Crippen LogP contribution < -0.4 is 10.6 Å². The first-order chi connectivity index (χ1) is 10.4. The van der Waals surface area contributed by atoms with Gasteiger partial charge in [0.2, 0.25) is 0 Å². The molecule has 1 heterocycles. The predicted octanol–water partition coefficient (Wildman–Crippen LogP) is 3.40. The molecule has 0 aliphatic carbocycles. The Morgan fingerprint density at radius 3 is 2.14 bits per heavy atom. The van der Waals surface area contributed by atoms with Crippen molar-refractivity contribution in [1.29, 1.82) is 0 Å². The molecule has 1 fully saturated rings. The van der Waals surface area contributed by atoms with E-state index in [0.29, 0.717) is 0 Å². The molecule has 0 aromatic heterocycles. The molecule has 3 nitrogen and oxygen atoms in total. The zero-order valence-corrected chi connectivity index (χ0v) is 15.4. The standard InChI is InChI=1S/C13H10NO.C5H10N.W/c15-10-14-13-9-5-4-8-12(13)11-6-2-1-3-7-11;1-2-4-6-5-3-1;/h1-9H,(H,14,15);1,6H,2-5H2;/q2*-1;+2. The molecule has 1 saturated heterocycles. The second-order valence-corrected chi connectivity index (χ2v) is 4.75. The van der Waals surface area contributed by atoms with Crippen molar-refractivity contribution in [3.8, 4) is 11.1 Å². The van der Waals surface area contributed by atoms with Crippen LogP contribution in [0.15, 0.2) is 54.6 Å². The first kappa shape index (κ1) is 18.6. The SMILES string of the molecule is O=[C-]Nc1ccccc1-c1ccccc1.[CH-]1CCNCC1.[W+2]. The summed E-state index contributed by atoms with van der Waals surface area (Å²) < 4.78 is 0. The zero-order chi connectivity index (χ0) is 14.8. The van der Waals surface area contributed by atoms with Gasteiger partial charge in [0, 0.05) is 0 Å². The van der Waals surface area contributed by atoms with Gasteiger partial charge in [-0.05, 0) is 18.7 Å². The van der Waals surface area contributed by atoms with Gasteiger partial charge in [0.15, 0.2) is 0 Å². The van der Waals surface area contributed by atoms with Crippen molar-refractivity contribution in [2.45, 2.75) is 12.8 Å². The second kappa shape index (κ2) is 11.2. The largest absolute Gasteiger partial charge is 2.00 e. The monoisotopic (exact) mass is 464 g/mol. The van der Waals surface area contributed by atoms with Crippen molar-refractivity contribution in [2.24, 2.45) is 0 Å². The fraction of sp³-hybridized carbons (Fsp3) is 0.222. The van der Waals surface area contributed by atoms with E-state index in [-0.39, 0.29) is 21.1 Å². The fourth-order valence-electron chi connectivity index (χ4n) is 2.19.